The van der Waals surface area contributed by atoms with Crippen molar-refractivity contribution in [3.8, 4) is 56.7 Å². The number of nitrogens with zero attached hydrogens (tertiary/aromatic N) is 5. The van der Waals surface area contributed by atoms with Gasteiger partial charge in [0.1, 0.15) is 5.58 Å². The fourth-order valence-corrected chi connectivity index (χ4v) is 9.48. The predicted octanol–water partition coefficient (Wildman–Crippen LogP) is 14.6. The number of rotatable bonds is 6. The Bertz CT molecular complexity index is 3890. The van der Waals surface area contributed by atoms with Crippen molar-refractivity contribution in [1.29, 1.82) is 0 Å². The van der Waals surface area contributed by atoms with E-state index in [1.54, 1.807) is 0 Å². The SMILES string of the molecule is c1ccc(-c2ccc(-c3nc(-c4ccccc4)nc(-n4c5ccccc5c5ccc6c7ccccc7n(-c7cc(-c8ccccc8)cc8c7oc7ccccc78)c6c54)n3)cc2)cc1. The second kappa shape index (κ2) is 14.0. The Balaban J connectivity index is 1.15. The van der Waals surface area contributed by atoms with Crippen molar-refractivity contribution in [2.75, 3.05) is 0 Å². The van der Waals surface area contributed by atoms with Crippen LogP contribution in [0.1, 0.15) is 0 Å². The molecule has 0 bridgehead atoms. The summed E-state index contributed by atoms with van der Waals surface area (Å²) in [5, 5.41) is 6.60. The molecule has 0 atom stereocenters. The first-order valence-corrected chi connectivity index (χ1v) is 21.2. The molecule has 13 rings (SSSR count). The summed E-state index contributed by atoms with van der Waals surface area (Å²) in [7, 11) is 0. The molecule has 0 unspecified atom stereocenters. The van der Waals surface area contributed by atoms with Crippen molar-refractivity contribution in [1.82, 2.24) is 24.1 Å². The quantitative estimate of drug-likeness (QED) is 0.168. The van der Waals surface area contributed by atoms with Gasteiger partial charge in [-0.3, -0.25) is 4.57 Å². The summed E-state index contributed by atoms with van der Waals surface area (Å²) < 4.78 is 11.5. The third-order valence-electron chi connectivity index (χ3n) is 12.4. The highest BCUT2D eigenvalue weighted by atomic mass is 16.3. The van der Waals surface area contributed by atoms with E-state index in [0.29, 0.717) is 17.6 Å². The van der Waals surface area contributed by atoms with Crippen LogP contribution in [-0.4, -0.2) is 24.1 Å². The first-order valence-electron chi connectivity index (χ1n) is 21.2. The summed E-state index contributed by atoms with van der Waals surface area (Å²) in [6.45, 7) is 0. The maximum atomic E-state index is 6.89. The van der Waals surface area contributed by atoms with Gasteiger partial charge in [-0.25, -0.2) is 4.98 Å². The fraction of sp³-hybridized carbons (Fsp3) is 0. The Morgan fingerprint density at radius 3 is 1.41 bits per heavy atom. The van der Waals surface area contributed by atoms with Crippen LogP contribution in [0.2, 0.25) is 0 Å². The molecule has 0 aliphatic rings. The monoisotopic (exact) mass is 805 g/mol. The zero-order valence-electron chi connectivity index (χ0n) is 33.9. The summed E-state index contributed by atoms with van der Waals surface area (Å²) in [6.07, 6.45) is 0. The van der Waals surface area contributed by atoms with Crippen LogP contribution in [-0.2, 0) is 0 Å². The van der Waals surface area contributed by atoms with Gasteiger partial charge in [-0.05, 0) is 52.6 Å². The lowest BCUT2D eigenvalue weighted by Crippen LogP contribution is -2.07. The fourth-order valence-electron chi connectivity index (χ4n) is 9.48. The second-order valence-electron chi connectivity index (χ2n) is 16.0. The van der Waals surface area contributed by atoms with E-state index in [2.05, 4.69) is 191 Å². The molecule has 4 aromatic heterocycles. The average molecular weight is 806 g/mol. The lowest BCUT2D eigenvalue weighted by atomic mass is 10.0. The molecule has 9 aromatic carbocycles. The zero-order chi connectivity index (χ0) is 41.4. The molecule has 4 heterocycles. The highest BCUT2D eigenvalue weighted by molar-refractivity contribution is 6.24. The summed E-state index contributed by atoms with van der Waals surface area (Å²) in [5.74, 6) is 1.73. The summed E-state index contributed by atoms with van der Waals surface area (Å²) in [6, 6.07) is 74.4. The van der Waals surface area contributed by atoms with Crippen molar-refractivity contribution in [2.24, 2.45) is 0 Å². The van der Waals surface area contributed by atoms with Crippen molar-refractivity contribution < 1.29 is 4.42 Å². The van der Waals surface area contributed by atoms with Crippen LogP contribution in [0.25, 0.3) is 122 Å². The number of fused-ring (bicyclic) bond motifs is 10. The van der Waals surface area contributed by atoms with Gasteiger partial charge < -0.3 is 8.98 Å². The summed E-state index contributed by atoms with van der Waals surface area (Å²) in [5.41, 5.74) is 13.1. The first kappa shape index (κ1) is 35.2. The molecule has 0 fully saturated rings. The van der Waals surface area contributed by atoms with Gasteiger partial charge in [0.25, 0.3) is 0 Å². The number of aromatic nitrogens is 5. The van der Waals surface area contributed by atoms with Crippen molar-refractivity contribution >= 4 is 65.6 Å². The van der Waals surface area contributed by atoms with Gasteiger partial charge >= 0.3 is 0 Å². The molecule has 0 saturated carbocycles. The first-order chi connectivity index (χ1) is 31.2. The largest absolute Gasteiger partial charge is 0.454 e. The predicted molar refractivity (Wildman–Crippen MR) is 258 cm³/mol. The van der Waals surface area contributed by atoms with E-state index < -0.39 is 0 Å². The summed E-state index contributed by atoms with van der Waals surface area (Å²) >= 11 is 0. The molecule has 0 aliphatic carbocycles. The van der Waals surface area contributed by atoms with E-state index in [9.17, 15) is 0 Å². The van der Waals surface area contributed by atoms with Crippen molar-refractivity contribution in [3.05, 3.63) is 212 Å². The molecule has 6 nitrogen and oxygen atoms in total. The Kier molecular flexibility index (Phi) is 7.80. The van der Waals surface area contributed by atoms with Crippen LogP contribution < -0.4 is 0 Å². The number of hydrogen-bond acceptors (Lipinski definition) is 4. The van der Waals surface area contributed by atoms with E-state index in [1.165, 1.54) is 0 Å². The van der Waals surface area contributed by atoms with Crippen LogP contribution in [0.15, 0.2) is 217 Å². The van der Waals surface area contributed by atoms with E-state index in [0.717, 1.165) is 105 Å². The van der Waals surface area contributed by atoms with Crippen LogP contribution in [0, 0.1) is 0 Å². The minimum absolute atomic E-state index is 0.536. The summed E-state index contributed by atoms with van der Waals surface area (Å²) in [4.78, 5) is 15.9. The second-order valence-corrected chi connectivity index (χ2v) is 16.0. The Hall–Kier alpha value is -8.61. The van der Waals surface area contributed by atoms with Gasteiger partial charge in [0.05, 0.1) is 27.8 Å². The van der Waals surface area contributed by atoms with Gasteiger partial charge in [0.15, 0.2) is 17.2 Å². The zero-order valence-corrected chi connectivity index (χ0v) is 33.9. The average Bonchev–Trinajstić information content (AvgIpc) is 4.02. The Morgan fingerprint density at radius 1 is 0.317 bits per heavy atom. The number of hydrogen-bond donors (Lipinski definition) is 0. The molecule has 0 spiro atoms. The maximum Gasteiger partial charge on any atom is 0.238 e. The lowest BCUT2D eigenvalue weighted by molar-refractivity contribution is 0.666. The molecular formula is C57H35N5O. The number of para-hydroxylation sites is 3. The molecule has 6 heteroatoms. The molecule has 294 valence electrons. The van der Waals surface area contributed by atoms with Crippen LogP contribution >= 0.6 is 0 Å². The molecule has 13 aromatic rings. The Labute approximate surface area is 361 Å². The van der Waals surface area contributed by atoms with Gasteiger partial charge in [-0.1, -0.05) is 182 Å². The van der Waals surface area contributed by atoms with E-state index >= 15 is 0 Å². The molecule has 0 aliphatic heterocycles. The molecule has 0 amide bonds. The maximum absolute atomic E-state index is 6.89. The third-order valence-corrected chi connectivity index (χ3v) is 12.4. The number of furan rings is 1. The third kappa shape index (κ3) is 5.55. The van der Waals surface area contributed by atoms with Crippen molar-refractivity contribution in [2.45, 2.75) is 0 Å². The molecular weight excluding hydrogens is 771 g/mol. The van der Waals surface area contributed by atoms with Gasteiger partial charge in [-0.2, -0.15) is 9.97 Å². The highest BCUT2D eigenvalue weighted by Crippen LogP contribution is 2.45. The smallest absolute Gasteiger partial charge is 0.238 e. The van der Waals surface area contributed by atoms with E-state index in [4.69, 9.17) is 19.4 Å². The normalized spacial score (nSPS) is 11.8. The standard InChI is InChI=1S/C57H35N5O/c1-4-16-36(17-5-1)38-28-30-40(31-29-38)56-58-55(39-20-8-3-9-21-39)59-57(60-56)62-49-26-14-11-23-43(49)46-33-32-45-42-22-10-13-25-48(42)61(52(45)53(46)62)50-35-41(37-18-6-2-7-19-37)34-47-44-24-12-15-27-51(44)63-54(47)50/h1-35H. The molecule has 63 heavy (non-hydrogen) atoms. The van der Waals surface area contributed by atoms with Gasteiger partial charge in [0.2, 0.25) is 5.95 Å². The highest BCUT2D eigenvalue weighted by Gasteiger charge is 2.25. The minimum Gasteiger partial charge on any atom is -0.454 e. The van der Waals surface area contributed by atoms with Crippen LogP contribution in [0.3, 0.4) is 0 Å². The Morgan fingerprint density at radius 2 is 0.778 bits per heavy atom. The van der Waals surface area contributed by atoms with Gasteiger partial charge in [-0.15, -0.1) is 0 Å². The topological polar surface area (TPSA) is 61.7 Å². The lowest BCUT2D eigenvalue weighted by Gasteiger charge is -2.14. The van der Waals surface area contributed by atoms with E-state index in [-0.39, 0.29) is 0 Å². The van der Waals surface area contributed by atoms with Crippen LogP contribution in [0.5, 0.6) is 0 Å². The van der Waals surface area contributed by atoms with Crippen LogP contribution in [0.4, 0.5) is 0 Å². The van der Waals surface area contributed by atoms with Crippen molar-refractivity contribution in [3.63, 3.8) is 0 Å². The minimum atomic E-state index is 0.536. The molecule has 0 N–H and O–H groups in total. The van der Waals surface area contributed by atoms with E-state index in [1.807, 2.05) is 30.3 Å². The molecule has 0 radical (unpaired) electrons. The van der Waals surface area contributed by atoms with Gasteiger partial charge in [0, 0.05) is 43.4 Å². The number of benzene rings is 9. The molecule has 0 saturated heterocycles.